The van der Waals surface area contributed by atoms with Crippen LogP contribution in [0.5, 0.6) is 0 Å². The molecule has 28 heavy (non-hydrogen) atoms. The number of hydrogen-bond donors (Lipinski definition) is 1. The number of anilines is 1. The summed E-state index contributed by atoms with van der Waals surface area (Å²) in [7, 11) is 0. The van der Waals surface area contributed by atoms with Crippen LogP contribution in [0.15, 0.2) is 60.7 Å². The quantitative estimate of drug-likeness (QED) is 0.408. The first-order chi connectivity index (χ1) is 12.7. The van der Waals surface area contributed by atoms with Crippen LogP contribution in [-0.2, 0) is 6.42 Å². The van der Waals surface area contributed by atoms with Crippen LogP contribution in [-0.4, -0.2) is 22.8 Å². The van der Waals surface area contributed by atoms with Gasteiger partial charge in [-0.3, -0.25) is 5.10 Å². The molecule has 0 amide bonds. The Labute approximate surface area is 193 Å². The standard InChI is InChI=1S/C22H24ClN3.2BrH/c1-16-11-12-26(20(13-16)14-17-5-3-2-4-6-17)22-15-21(24-25-22)18-7-9-19(23)10-8-18;;/h2-10,15-16,20H,11-14H2,1H3,(H,24,25);2*1H. The molecule has 1 saturated heterocycles. The molecule has 0 aliphatic carbocycles. The first kappa shape index (κ1) is 23.0. The monoisotopic (exact) mass is 525 g/mol. The Hall–Kier alpha value is -1.30. The van der Waals surface area contributed by atoms with Crippen molar-refractivity contribution in [3.63, 3.8) is 0 Å². The summed E-state index contributed by atoms with van der Waals surface area (Å²) in [4.78, 5) is 2.48. The van der Waals surface area contributed by atoms with Gasteiger partial charge < -0.3 is 4.90 Å². The number of nitrogens with zero attached hydrogens (tertiary/aromatic N) is 2. The topological polar surface area (TPSA) is 31.9 Å². The van der Waals surface area contributed by atoms with E-state index in [1.807, 2.05) is 24.3 Å². The first-order valence-electron chi connectivity index (χ1n) is 9.31. The van der Waals surface area contributed by atoms with Gasteiger partial charge in [0.2, 0.25) is 0 Å². The second-order valence-corrected chi connectivity index (χ2v) is 7.75. The lowest BCUT2D eigenvalue weighted by Gasteiger charge is -2.39. The molecule has 2 atom stereocenters. The molecule has 1 aliphatic heterocycles. The Morgan fingerprint density at radius 1 is 1.07 bits per heavy atom. The van der Waals surface area contributed by atoms with Crippen molar-refractivity contribution < 1.29 is 0 Å². The van der Waals surface area contributed by atoms with Gasteiger partial charge in [-0.25, -0.2) is 0 Å². The summed E-state index contributed by atoms with van der Waals surface area (Å²) in [6.07, 6.45) is 3.49. The second-order valence-electron chi connectivity index (χ2n) is 7.31. The van der Waals surface area contributed by atoms with Gasteiger partial charge in [0.15, 0.2) is 5.82 Å². The van der Waals surface area contributed by atoms with Crippen LogP contribution in [0, 0.1) is 5.92 Å². The van der Waals surface area contributed by atoms with E-state index in [2.05, 4.69) is 58.4 Å². The highest BCUT2D eigenvalue weighted by Crippen LogP contribution is 2.31. The van der Waals surface area contributed by atoms with E-state index >= 15 is 0 Å². The van der Waals surface area contributed by atoms with E-state index in [4.69, 9.17) is 11.6 Å². The van der Waals surface area contributed by atoms with Crippen LogP contribution in [0.4, 0.5) is 5.82 Å². The van der Waals surface area contributed by atoms with Gasteiger partial charge in [0.25, 0.3) is 0 Å². The lowest BCUT2D eigenvalue weighted by molar-refractivity contribution is 0.359. The average Bonchev–Trinajstić information content (AvgIpc) is 3.13. The Balaban J connectivity index is 0.00000140. The predicted octanol–water partition coefficient (Wildman–Crippen LogP) is 6.73. The molecule has 0 bridgehead atoms. The molecule has 2 unspecified atom stereocenters. The number of aromatic nitrogens is 2. The summed E-state index contributed by atoms with van der Waals surface area (Å²) >= 11 is 6.00. The third-order valence-corrected chi connectivity index (χ3v) is 5.56. The van der Waals surface area contributed by atoms with Gasteiger partial charge in [-0.1, -0.05) is 61.0 Å². The molecule has 0 saturated carbocycles. The lowest BCUT2D eigenvalue weighted by Crippen LogP contribution is -2.43. The minimum atomic E-state index is 0. The van der Waals surface area contributed by atoms with Crippen LogP contribution in [0.2, 0.25) is 5.02 Å². The molecule has 1 N–H and O–H groups in total. The Morgan fingerprint density at radius 3 is 2.50 bits per heavy atom. The molecule has 3 nitrogen and oxygen atoms in total. The fraction of sp³-hybridized carbons (Fsp3) is 0.318. The summed E-state index contributed by atoms with van der Waals surface area (Å²) in [6.45, 7) is 3.42. The van der Waals surface area contributed by atoms with E-state index in [0.29, 0.717) is 6.04 Å². The highest BCUT2D eigenvalue weighted by Gasteiger charge is 2.28. The van der Waals surface area contributed by atoms with Crippen molar-refractivity contribution in [2.75, 3.05) is 11.4 Å². The summed E-state index contributed by atoms with van der Waals surface area (Å²) < 4.78 is 0. The number of aromatic amines is 1. The largest absolute Gasteiger partial charge is 0.352 e. The number of hydrogen-bond acceptors (Lipinski definition) is 2. The molecule has 0 spiro atoms. The minimum Gasteiger partial charge on any atom is -0.352 e. The van der Waals surface area contributed by atoms with Crippen LogP contribution < -0.4 is 4.90 Å². The van der Waals surface area contributed by atoms with Crippen molar-refractivity contribution in [2.24, 2.45) is 5.92 Å². The molecule has 1 fully saturated rings. The molecule has 3 aromatic rings. The zero-order chi connectivity index (χ0) is 17.9. The summed E-state index contributed by atoms with van der Waals surface area (Å²) in [5.41, 5.74) is 3.54. The van der Waals surface area contributed by atoms with Gasteiger partial charge in [-0.2, -0.15) is 5.10 Å². The van der Waals surface area contributed by atoms with Crippen LogP contribution in [0.3, 0.4) is 0 Å². The van der Waals surface area contributed by atoms with Crippen molar-refractivity contribution in [3.8, 4) is 11.3 Å². The van der Waals surface area contributed by atoms with Crippen molar-refractivity contribution in [1.29, 1.82) is 0 Å². The molecular weight excluding hydrogens is 502 g/mol. The lowest BCUT2D eigenvalue weighted by atomic mass is 9.89. The van der Waals surface area contributed by atoms with Crippen molar-refractivity contribution in [3.05, 3.63) is 71.2 Å². The predicted molar refractivity (Wildman–Crippen MR) is 129 cm³/mol. The van der Waals surface area contributed by atoms with Gasteiger partial charge in [0, 0.05) is 23.7 Å². The SMILES string of the molecule is Br.Br.CC1CCN(c2cc(-c3ccc(Cl)cc3)[nH]n2)C(Cc2ccccc2)C1. The molecule has 0 radical (unpaired) electrons. The van der Waals surface area contributed by atoms with Gasteiger partial charge in [-0.05, 0) is 48.4 Å². The Kier molecular flexibility index (Phi) is 8.59. The molecule has 1 aliphatic rings. The van der Waals surface area contributed by atoms with E-state index in [-0.39, 0.29) is 34.0 Å². The molecular formula is C22H26Br2ClN3. The number of halogens is 3. The van der Waals surface area contributed by atoms with Gasteiger partial charge >= 0.3 is 0 Å². The summed E-state index contributed by atoms with van der Waals surface area (Å²) in [5.74, 6) is 1.80. The second kappa shape index (κ2) is 10.5. The normalized spacial score (nSPS) is 18.9. The maximum atomic E-state index is 6.00. The third-order valence-electron chi connectivity index (χ3n) is 5.31. The van der Waals surface area contributed by atoms with E-state index < -0.39 is 0 Å². The number of rotatable bonds is 4. The van der Waals surface area contributed by atoms with Crippen molar-refractivity contribution in [1.82, 2.24) is 10.2 Å². The smallest absolute Gasteiger partial charge is 0.151 e. The van der Waals surface area contributed by atoms with E-state index in [0.717, 1.165) is 41.0 Å². The fourth-order valence-electron chi connectivity index (χ4n) is 3.87. The number of nitrogens with one attached hydrogen (secondary N) is 1. The summed E-state index contributed by atoms with van der Waals surface area (Å²) in [6, 6.07) is 21.3. The minimum absolute atomic E-state index is 0. The van der Waals surface area contributed by atoms with E-state index in [9.17, 15) is 0 Å². The Bertz CT molecular complexity index is 852. The molecule has 150 valence electrons. The molecule has 2 heterocycles. The zero-order valence-electron chi connectivity index (χ0n) is 15.8. The van der Waals surface area contributed by atoms with Gasteiger partial charge in [0.05, 0.1) is 5.69 Å². The first-order valence-corrected chi connectivity index (χ1v) is 9.69. The van der Waals surface area contributed by atoms with E-state index in [1.165, 1.54) is 18.4 Å². The molecule has 4 rings (SSSR count). The van der Waals surface area contributed by atoms with Crippen LogP contribution in [0.25, 0.3) is 11.3 Å². The van der Waals surface area contributed by atoms with Crippen LogP contribution >= 0.6 is 45.6 Å². The number of piperidine rings is 1. The molecule has 2 aromatic carbocycles. The average molecular weight is 528 g/mol. The van der Waals surface area contributed by atoms with Crippen molar-refractivity contribution in [2.45, 2.75) is 32.2 Å². The van der Waals surface area contributed by atoms with Gasteiger partial charge in [0.1, 0.15) is 0 Å². The highest BCUT2D eigenvalue weighted by molar-refractivity contribution is 8.93. The Morgan fingerprint density at radius 2 is 1.79 bits per heavy atom. The van der Waals surface area contributed by atoms with Crippen molar-refractivity contribution >= 4 is 51.4 Å². The highest BCUT2D eigenvalue weighted by atomic mass is 79.9. The molecule has 6 heteroatoms. The maximum absolute atomic E-state index is 6.00. The van der Waals surface area contributed by atoms with E-state index in [1.54, 1.807) is 0 Å². The van der Waals surface area contributed by atoms with Crippen LogP contribution in [0.1, 0.15) is 25.3 Å². The fourth-order valence-corrected chi connectivity index (χ4v) is 3.99. The maximum Gasteiger partial charge on any atom is 0.151 e. The third kappa shape index (κ3) is 5.40. The number of benzene rings is 2. The van der Waals surface area contributed by atoms with Gasteiger partial charge in [-0.15, -0.1) is 34.0 Å². The summed E-state index contributed by atoms with van der Waals surface area (Å²) in [5, 5.41) is 8.57. The zero-order valence-corrected chi connectivity index (χ0v) is 20.0. The number of H-pyrrole nitrogens is 1. The molecule has 1 aromatic heterocycles.